The number of aromatic nitrogens is 1. The zero-order chi connectivity index (χ0) is 14.5. The molecular formula is C14H12ClN3O2. The average Bonchev–Trinajstić information content (AvgIpc) is 2.39. The van der Waals surface area contributed by atoms with Crippen molar-refractivity contribution < 1.29 is 9.59 Å². The molecule has 20 heavy (non-hydrogen) atoms. The average molecular weight is 290 g/mol. The molecule has 0 aliphatic rings. The molecule has 5 nitrogen and oxygen atoms in total. The lowest BCUT2D eigenvalue weighted by Crippen LogP contribution is -2.34. The molecule has 1 heterocycles. The minimum Gasteiger partial charge on any atom is -0.292 e. The standard InChI is InChI=1S/C14H12ClN3O2/c1-9-3-2-4-12(16-9)17-14(20)18-13(19)10-5-7-11(15)8-6-10/h2-8H,1H3,(H2,16,17,18,19,20). The van der Waals surface area contributed by atoms with Crippen LogP contribution in [0.15, 0.2) is 42.5 Å². The summed E-state index contributed by atoms with van der Waals surface area (Å²) in [5, 5.41) is 5.22. The number of benzene rings is 1. The third kappa shape index (κ3) is 3.80. The summed E-state index contributed by atoms with van der Waals surface area (Å²) in [6.45, 7) is 1.81. The largest absolute Gasteiger partial charge is 0.327 e. The van der Waals surface area contributed by atoms with Crippen LogP contribution in [0.4, 0.5) is 10.6 Å². The molecule has 0 bridgehead atoms. The van der Waals surface area contributed by atoms with E-state index in [0.29, 0.717) is 16.4 Å². The Morgan fingerprint density at radius 3 is 2.45 bits per heavy atom. The Bertz CT molecular complexity index is 641. The lowest BCUT2D eigenvalue weighted by Gasteiger charge is -2.06. The van der Waals surface area contributed by atoms with Gasteiger partial charge in [0.15, 0.2) is 0 Å². The van der Waals surface area contributed by atoms with Crippen molar-refractivity contribution in [2.45, 2.75) is 6.92 Å². The Kier molecular flexibility index (Phi) is 4.32. The van der Waals surface area contributed by atoms with Gasteiger partial charge in [-0.05, 0) is 43.3 Å². The minimum absolute atomic E-state index is 0.349. The molecule has 0 saturated carbocycles. The highest BCUT2D eigenvalue weighted by Crippen LogP contribution is 2.09. The summed E-state index contributed by atoms with van der Waals surface area (Å²) >= 11 is 5.72. The molecule has 2 rings (SSSR count). The molecule has 0 aliphatic carbocycles. The zero-order valence-corrected chi connectivity index (χ0v) is 11.4. The second kappa shape index (κ2) is 6.16. The van der Waals surface area contributed by atoms with Gasteiger partial charge in [-0.2, -0.15) is 0 Å². The predicted octanol–water partition coefficient (Wildman–Crippen LogP) is 3.01. The van der Waals surface area contributed by atoms with Crippen molar-refractivity contribution >= 4 is 29.4 Å². The van der Waals surface area contributed by atoms with Crippen LogP contribution in [0.1, 0.15) is 16.1 Å². The van der Waals surface area contributed by atoms with Crippen LogP contribution in [0.5, 0.6) is 0 Å². The van der Waals surface area contributed by atoms with Gasteiger partial charge < -0.3 is 0 Å². The molecular weight excluding hydrogens is 278 g/mol. The van der Waals surface area contributed by atoms with Crippen molar-refractivity contribution in [2.75, 3.05) is 5.32 Å². The lowest BCUT2D eigenvalue weighted by molar-refractivity contribution is 0.0967. The maximum Gasteiger partial charge on any atom is 0.327 e. The van der Waals surface area contributed by atoms with Crippen molar-refractivity contribution in [1.82, 2.24) is 10.3 Å². The molecule has 2 aromatic rings. The van der Waals surface area contributed by atoms with E-state index >= 15 is 0 Å². The third-order valence-electron chi connectivity index (χ3n) is 2.46. The van der Waals surface area contributed by atoms with Crippen LogP contribution in [0.3, 0.4) is 0 Å². The molecule has 6 heteroatoms. The number of halogens is 1. The smallest absolute Gasteiger partial charge is 0.292 e. The number of urea groups is 1. The van der Waals surface area contributed by atoms with E-state index in [0.717, 1.165) is 5.69 Å². The number of imide groups is 1. The third-order valence-corrected chi connectivity index (χ3v) is 2.72. The van der Waals surface area contributed by atoms with Gasteiger partial charge in [0.1, 0.15) is 5.82 Å². The molecule has 3 amide bonds. The number of aryl methyl sites for hydroxylation is 1. The molecule has 0 aliphatic heterocycles. The number of carbonyl (C=O) groups is 2. The number of anilines is 1. The quantitative estimate of drug-likeness (QED) is 0.893. The fourth-order valence-electron chi connectivity index (χ4n) is 1.54. The summed E-state index contributed by atoms with van der Waals surface area (Å²) in [5.41, 5.74) is 1.12. The Morgan fingerprint density at radius 1 is 1.10 bits per heavy atom. The number of carbonyl (C=O) groups excluding carboxylic acids is 2. The van der Waals surface area contributed by atoms with Crippen LogP contribution >= 0.6 is 11.6 Å². The molecule has 0 spiro atoms. The van der Waals surface area contributed by atoms with E-state index in [9.17, 15) is 9.59 Å². The Balaban J connectivity index is 1.97. The highest BCUT2D eigenvalue weighted by Gasteiger charge is 2.10. The molecule has 0 radical (unpaired) electrons. The minimum atomic E-state index is -0.636. The number of nitrogens with zero attached hydrogens (tertiary/aromatic N) is 1. The Hall–Kier alpha value is -2.40. The lowest BCUT2D eigenvalue weighted by atomic mass is 10.2. The van der Waals surface area contributed by atoms with E-state index < -0.39 is 11.9 Å². The zero-order valence-electron chi connectivity index (χ0n) is 10.7. The maximum absolute atomic E-state index is 11.8. The molecule has 1 aromatic carbocycles. The van der Waals surface area contributed by atoms with E-state index in [1.165, 1.54) is 12.1 Å². The summed E-state index contributed by atoms with van der Waals surface area (Å²) < 4.78 is 0. The van der Waals surface area contributed by atoms with Gasteiger partial charge in [0.05, 0.1) is 0 Å². The second-order valence-electron chi connectivity index (χ2n) is 4.08. The molecule has 0 saturated heterocycles. The second-order valence-corrected chi connectivity index (χ2v) is 4.52. The Morgan fingerprint density at radius 2 is 1.80 bits per heavy atom. The first kappa shape index (κ1) is 14.0. The van der Waals surface area contributed by atoms with Crippen LogP contribution in [0.25, 0.3) is 0 Å². The summed E-state index contributed by atoms with van der Waals surface area (Å²) in [6, 6.07) is 10.8. The van der Waals surface area contributed by atoms with Crippen LogP contribution < -0.4 is 10.6 Å². The van der Waals surface area contributed by atoms with Gasteiger partial charge in [-0.25, -0.2) is 9.78 Å². The normalized spacial score (nSPS) is 9.90. The number of amides is 3. The maximum atomic E-state index is 11.8. The molecule has 1 aromatic heterocycles. The van der Waals surface area contributed by atoms with Gasteiger partial charge >= 0.3 is 6.03 Å². The van der Waals surface area contributed by atoms with Gasteiger partial charge in [0.25, 0.3) is 5.91 Å². The van der Waals surface area contributed by atoms with E-state index in [1.807, 2.05) is 13.0 Å². The fraction of sp³-hybridized carbons (Fsp3) is 0.0714. The number of nitrogens with one attached hydrogen (secondary N) is 2. The Labute approximate surface area is 121 Å². The van der Waals surface area contributed by atoms with Crippen LogP contribution in [0, 0.1) is 6.92 Å². The highest BCUT2D eigenvalue weighted by atomic mass is 35.5. The van der Waals surface area contributed by atoms with Crippen molar-refractivity contribution in [1.29, 1.82) is 0 Å². The molecule has 0 fully saturated rings. The summed E-state index contributed by atoms with van der Waals surface area (Å²) in [7, 11) is 0. The van der Waals surface area contributed by atoms with Gasteiger partial charge in [-0.3, -0.25) is 15.4 Å². The molecule has 0 atom stereocenters. The number of pyridine rings is 1. The topological polar surface area (TPSA) is 71.1 Å². The molecule has 102 valence electrons. The van der Waals surface area contributed by atoms with Crippen molar-refractivity contribution in [2.24, 2.45) is 0 Å². The van der Waals surface area contributed by atoms with Crippen molar-refractivity contribution in [3.05, 3.63) is 58.7 Å². The van der Waals surface area contributed by atoms with Crippen molar-refractivity contribution in [3.8, 4) is 0 Å². The SMILES string of the molecule is Cc1cccc(NC(=O)NC(=O)c2ccc(Cl)cc2)n1. The fourth-order valence-corrected chi connectivity index (χ4v) is 1.66. The first-order chi connectivity index (χ1) is 9.54. The number of rotatable bonds is 2. The summed E-state index contributed by atoms with van der Waals surface area (Å²) in [6.07, 6.45) is 0. The van der Waals surface area contributed by atoms with Crippen LogP contribution in [0.2, 0.25) is 5.02 Å². The monoisotopic (exact) mass is 289 g/mol. The van der Waals surface area contributed by atoms with Gasteiger partial charge in [0, 0.05) is 16.3 Å². The van der Waals surface area contributed by atoms with Crippen LogP contribution in [-0.2, 0) is 0 Å². The predicted molar refractivity (Wildman–Crippen MR) is 76.9 cm³/mol. The summed E-state index contributed by atoms with van der Waals surface area (Å²) in [5.74, 6) is -0.127. The van der Waals surface area contributed by atoms with Gasteiger partial charge in [0.2, 0.25) is 0 Å². The first-order valence-corrected chi connectivity index (χ1v) is 6.24. The number of hydrogen-bond donors (Lipinski definition) is 2. The number of hydrogen-bond acceptors (Lipinski definition) is 3. The van der Waals surface area contributed by atoms with E-state index in [2.05, 4.69) is 15.6 Å². The van der Waals surface area contributed by atoms with E-state index in [-0.39, 0.29) is 0 Å². The van der Waals surface area contributed by atoms with E-state index in [4.69, 9.17) is 11.6 Å². The van der Waals surface area contributed by atoms with Gasteiger partial charge in [-0.1, -0.05) is 17.7 Å². The molecule has 0 unspecified atom stereocenters. The van der Waals surface area contributed by atoms with Gasteiger partial charge in [-0.15, -0.1) is 0 Å². The summed E-state index contributed by atoms with van der Waals surface area (Å²) in [4.78, 5) is 27.6. The van der Waals surface area contributed by atoms with Crippen molar-refractivity contribution in [3.63, 3.8) is 0 Å². The first-order valence-electron chi connectivity index (χ1n) is 5.86. The highest BCUT2D eigenvalue weighted by molar-refractivity contribution is 6.30. The molecule has 2 N–H and O–H groups in total. The van der Waals surface area contributed by atoms with E-state index in [1.54, 1.807) is 24.3 Å². The van der Waals surface area contributed by atoms with Crippen LogP contribution in [-0.4, -0.2) is 16.9 Å².